The van der Waals surface area contributed by atoms with Gasteiger partial charge in [0.1, 0.15) is 5.25 Å². The molecule has 0 aliphatic carbocycles. The minimum atomic E-state index is -4.70. The van der Waals surface area contributed by atoms with Crippen molar-refractivity contribution in [2.75, 3.05) is 6.54 Å². The number of carbonyl (C=O) groups excluding carboxylic acids is 1. The molecule has 110 valence electrons. The van der Waals surface area contributed by atoms with Crippen molar-refractivity contribution in [1.29, 1.82) is 0 Å². The van der Waals surface area contributed by atoms with Crippen LogP contribution >= 0.6 is 11.6 Å². The Labute approximate surface area is 122 Å². The van der Waals surface area contributed by atoms with Crippen LogP contribution in [0.5, 0.6) is 0 Å². The second kappa shape index (κ2) is 5.00. The van der Waals surface area contributed by atoms with Crippen molar-refractivity contribution in [1.82, 2.24) is 4.90 Å². The van der Waals surface area contributed by atoms with E-state index >= 15 is 0 Å². The number of hydrogen-bond acceptors (Lipinski definition) is 3. The fourth-order valence-corrected chi connectivity index (χ4v) is 3.21. The van der Waals surface area contributed by atoms with E-state index in [4.69, 9.17) is 11.6 Å². The van der Waals surface area contributed by atoms with Crippen LogP contribution in [-0.2, 0) is 20.6 Å². The van der Waals surface area contributed by atoms with Crippen LogP contribution in [0.2, 0.25) is 5.02 Å². The van der Waals surface area contributed by atoms with Crippen LogP contribution in [0.3, 0.4) is 0 Å². The lowest BCUT2D eigenvalue weighted by atomic mass is 9.92. The maximum absolute atomic E-state index is 13.1. The van der Waals surface area contributed by atoms with Gasteiger partial charge in [-0.25, -0.2) is 0 Å². The van der Waals surface area contributed by atoms with Crippen LogP contribution in [0, 0.1) is 0 Å². The smallest absolute Gasteiger partial charge is 0.307 e. The zero-order valence-corrected chi connectivity index (χ0v) is 12.7. The third kappa shape index (κ3) is 2.81. The van der Waals surface area contributed by atoms with E-state index in [2.05, 4.69) is 0 Å². The van der Waals surface area contributed by atoms with E-state index in [1.165, 1.54) is 4.90 Å². The summed E-state index contributed by atoms with van der Waals surface area (Å²) in [6.07, 6.45) is -0.310. The van der Waals surface area contributed by atoms with Gasteiger partial charge in [-0.1, -0.05) is 23.7 Å². The SMILES string of the molecule is CC(C)(c1ccc(Cl)cc1)N1CC(S(=O)(=O)F)CC1=O. The fraction of sp³-hybridized carbons (Fsp3) is 0.462. The minimum Gasteiger partial charge on any atom is -0.332 e. The predicted octanol–water partition coefficient (Wildman–Crippen LogP) is 2.48. The van der Waals surface area contributed by atoms with Gasteiger partial charge in [0.25, 0.3) is 0 Å². The highest BCUT2D eigenvalue weighted by Crippen LogP contribution is 2.34. The molecule has 1 aliphatic heterocycles. The summed E-state index contributed by atoms with van der Waals surface area (Å²) >= 11 is 5.82. The monoisotopic (exact) mass is 319 g/mol. The second-order valence-electron chi connectivity index (χ2n) is 5.37. The van der Waals surface area contributed by atoms with Crippen LogP contribution < -0.4 is 0 Å². The Kier molecular flexibility index (Phi) is 3.81. The predicted molar refractivity (Wildman–Crippen MR) is 74.6 cm³/mol. The van der Waals surface area contributed by atoms with Gasteiger partial charge in [-0.05, 0) is 31.5 Å². The van der Waals surface area contributed by atoms with Crippen molar-refractivity contribution >= 4 is 27.7 Å². The van der Waals surface area contributed by atoms with E-state index in [-0.39, 0.29) is 18.9 Å². The highest BCUT2D eigenvalue weighted by atomic mass is 35.5. The summed E-state index contributed by atoms with van der Waals surface area (Å²) in [7, 11) is -4.70. The molecule has 1 unspecified atom stereocenters. The normalized spacial score (nSPS) is 20.5. The highest BCUT2D eigenvalue weighted by Gasteiger charge is 2.44. The zero-order chi connectivity index (χ0) is 15.1. The van der Waals surface area contributed by atoms with Crippen LogP contribution in [0.15, 0.2) is 24.3 Å². The molecule has 1 saturated heterocycles. The summed E-state index contributed by atoms with van der Waals surface area (Å²) in [6, 6.07) is 6.94. The van der Waals surface area contributed by atoms with Crippen LogP contribution in [0.1, 0.15) is 25.8 Å². The summed E-state index contributed by atoms with van der Waals surface area (Å²) in [5.74, 6) is -0.365. The van der Waals surface area contributed by atoms with Crippen LogP contribution in [-0.4, -0.2) is 31.0 Å². The Hall–Kier alpha value is -1.14. The number of halogens is 2. The Bertz CT molecular complexity index is 628. The molecule has 2 rings (SSSR count). The maximum atomic E-state index is 13.1. The van der Waals surface area contributed by atoms with E-state index in [0.29, 0.717) is 5.02 Å². The average molecular weight is 320 g/mol. The van der Waals surface area contributed by atoms with Gasteiger partial charge in [0.05, 0.1) is 5.54 Å². The van der Waals surface area contributed by atoms with Crippen molar-refractivity contribution in [3.05, 3.63) is 34.9 Å². The summed E-state index contributed by atoms with van der Waals surface area (Å²) in [5, 5.41) is -0.705. The second-order valence-corrected chi connectivity index (χ2v) is 7.43. The van der Waals surface area contributed by atoms with Gasteiger partial charge in [-0.15, -0.1) is 3.89 Å². The number of amides is 1. The quantitative estimate of drug-likeness (QED) is 0.804. The third-order valence-corrected chi connectivity index (χ3v) is 5.08. The lowest BCUT2D eigenvalue weighted by molar-refractivity contribution is -0.132. The van der Waals surface area contributed by atoms with E-state index < -0.39 is 21.0 Å². The lowest BCUT2D eigenvalue weighted by Gasteiger charge is -2.36. The molecule has 7 heteroatoms. The Morgan fingerprint density at radius 1 is 1.30 bits per heavy atom. The Morgan fingerprint density at radius 3 is 2.30 bits per heavy atom. The minimum absolute atomic E-state index is 0.132. The molecule has 0 spiro atoms. The molecule has 1 aromatic carbocycles. The fourth-order valence-electron chi connectivity index (χ4n) is 2.42. The first-order valence-electron chi connectivity index (χ1n) is 6.12. The first kappa shape index (κ1) is 15.3. The van der Waals surface area contributed by atoms with Crippen molar-refractivity contribution in [2.45, 2.75) is 31.1 Å². The molecule has 1 atom stereocenters. The van der Waals surface area contributed by atoms with Crippen molar-refractivity contribution < 1.29 is 17.1 Å². The number of carbonyl (C=O) groups is 1. The van der Waals surface area contributed by atoms with E-state index in [0.717, 1.165) is 5.56 Å². The van der Waals surface area contributed by atoms with Gasteiger partial charge >= 0.3 is 10.2 Å². The van der Waals surface area contributed by atoms with Gasteiger partial charge < -0.3 is 4.90 Å². The van der Waals surface area contributed by atoms with Crippen molar-refractivity contribution in [2.24, 2.45) is 0 Å². The average Bonchev–Trinajstić information content (AvgIpc) is 2.72. The molecular formula is C13H15ClFNO3S. The summed E-state index contributed by atoms with van der Waals surface area (Å²) in [4.78, 5) is 13.4. The third-order valence-electron chi connectivity index (χ3n) is 3.71. The number of hydrogen-bond donors (Lipinski definition) is 0. The molecule has 1 fully saturated rings. The molecule has 1 aliphatic rings. The van der Waals surface area contributed by atoms with E-state index in [1.807, 2.05) is 0 Å². The summed E-state index contributed by atoms with van der Waals surface area (Å²) < 4.78 is 35.0. The number of rotatable bonds is 3. The molecule has 0 N–H and O–H groups in total. The highest BCUT2D eigenvalue weighted by molar-refractivity contribution is 7.87. The molecular weight excluding hydrogens is 305 g/mol. The van der Waals surface area contributed by atoms with Gasteiger partial charge in [-0.2, -0.15) is 8.42 Å². The van der Waals surface area contributed by atoms with Gasteiger partial charge in [0.2, 0.25) is 5.91 Å². The van der Waals surface area contributed by atoms with Crippen LogP contribution in [0.4, 0.5) is 3.89 Å². The molecule has 1 amide bonds. The number of nitrogens with zero attached hydrogens (tertiary/aromatic N) is 1. The first-order valence-corrected chi connectivity index (χ1v) is 7.95. The number of benzene rings is 1. The first-order chi connectivity index (χ1) is 9.12. The van der Waals surface area contributed by atoms with Gasteiger partial charge in [0, 0.05) is 18.0 Å². The summed E-state index contributed by atoms with van der Waals surface area (Å²) in [5.41, 5.74) is 0.0911. The molecule has 0 radical (unpaired) electrons. The standard InChI is InChI=1S/C13H15ClFNO3S/c1-13(2,9-3-5-10(14)6-4-9)16-8-11(7-12(16)17)20(15,18)19/h3-6,11H,7-8H2,1-2H3. The maximum Gasteiger partial charge on any atom is 0.307 e. The molecule has 0 saturated carbocycles. The van der Waals surface area contributed by atoms with E-state index in [9.17, 15) is 17.1 Å². The summed E-state index contributed by atoms with van der Waals surface area (Å²) in [6.45, 7) is 3.45. The largest absolute Gasteiger partial charge is 0.332 e. The molecule has 4 nitrogen and oxygen atoms in total. The van der Waals surface area contributed by atoms with Crippen LogP contribution in [0.25, 0.3) is 0 Å². The molecule has 0 aromatic heterocycles. The van der Waals surface area contributed by atoms with Crippen molar-refractivity contribution in [3.63, 3.8) is 0 Å². The van der Waals surface area contributed by atoms with Gasteiger partial charge in [0.15, 0.2) is 0 Å². The zero-order valence-electron chi connectivity index (χ0n) is 11.1. The molecule has 20 heavy (non-hydrogen) atoms. The Balaban J connectivity index is 2.30. The lowest BCUT2D eigenvalue weighted by Crippen LogP contribution is -2.43. The van der Waals surface area contributed by atoms with E-state index in [1.54, 1.807) is 38.1 Å². The topological polar surface area (TPSA) is 54.5 Å². The molecule has 0 bridgehead atoms. The number of likely N-dealkylation sites (tertiary alicyclic amines) is 1. The Morgan fingerprint density at radius 2 is 1.85 bits per heavy atom. The molecule has 1 aromatic rings. The molecule has 1 heterocycles. The van der Waals surface area contributed by atoms with Crippen molar-refractivity contribution in [3.8, 4) is 0 Å². The van der Waals surface area contributed by atoms with Gasteiger partial charge in [-0.3, -0.25) is 4.79 Å².